The van der Waals surface area contributed by atoms with Gasteiger partial charge >= 0.3 is 0 Å². The van der Waals surface area contributed by atoms with E-state index in [0.717, 1.165) is 10.0 Å². The minimum absolute atomic E-state index is 0.158. The number of pyridine rings is 1. The van der Waals surface area contributed by atoms with Crippen LogP contribution in [0, 0.1) is 12.7 Å². The molecule has 2 rings (SSSR count). The first-order chi connectivity index (χ1) is 7.65. The molecule has 0 saturated heterocycles. The zero-order valence-electron chi connectivity index (χ0n) is 8.58. The van der Waals surface area contributed by atoms with Gasteiger partial charge in [0, 0.05) is 16.7 Å². The van der Waals surface area contributed by atoms with E-state index in [1.54, 1.807) is 24.4 Å². The van der Waals surface area contributed by atoms with E-state index in [-0.39, 0.29) is 5.75 Å². The van der Waals surface area contributed by atoms with Gasteiger partial charge in [-0.1, -0.05) is 22.0 Å². The molecule has 2 aromatic rings. The molecule has 1 aromatic heterocycles. The summed E-state index contributed by atoms with van der Waals surface area (Å²) in [5.74, 6) is 0.124. The van der Waals surface area contributed by atoms with E-state index >= 15 is 0 Å². The predicted octanol–water partition coefficient (Wildman–Crippen LogP) is 4.08. The maximum Gasteiger partial charge on any atom is 0.219 e. The Balaban J connectivity index is 2.26. The van der Waals surface area contributed by atoms with Crippen LogP contribution in [0.1, 0.15) is 5.56 Å². The molecule has 82 valence electrons. The highest BCUT2D eigenvalue weighted by molar-refractivity contribution is 9.10. The summed E-state index contributed by atoms with van der Waals surface area (Å²) in [7, 11) is 0. The van der Waals surface area contributed by atoms with Gasteiger partial charge in [0.2, 0.25) is 5.88 Å². The molecule has 4 heteroatoms. The van der Waals surface area contributed by atoms with Gasteiger partial charge in [-0.25, -0.2) is 9.37 Å². The number of hydrogen-bond donors (Lipinski definition) is 0. The van der Waals surface area contributed by atoms with Gasteiger partial charge in [-0.3, -0.25) is 0 Å². The molecular weight excluding hydrogens is 273 g/mol. The summed E-state index contributed by atoms with van der Waals surface area (Å²) in [6.07, 6.45) is 1.67. The smallest absolute Gasteiger partial charge is 0.219 e. The van der Waals surface area contributed by atoms with Gasteiger partial charge in [-0.2, -0.15) is 0 Å². The number of aryl methyl sites for hydroxylation is 1. The van der Waals surface area contributed by atoms with Gasteiger partial charge in [0.25, 0.3) is 0 Å². The minimum atomic E-state index is -0.412. The van der Waals surface area contributed by atoms with Crippen molar-refractivity contribution in [2.45, 2.75) is 6.92 Å². The average molecular weight is 282 g/mol. The van der Waals surface area contributed by atoms with Crippen LogP contribution in [0.25, 0.3) is 0 Å². The van der Waals surface area contributed by atoms with Crippen LogP contribution in [0.2, 0.25) is 0 Å². The largest absolute Gasteiger partial charge is 0.436 e. The highest BCUT2D eigenvalue weighted by atomic mass is 79.9. The van der Waals surface area contributed by atoms with E-state index in [1.165, 1.54) is 6.07 Å². The van der Waals surface area contributed by atoms with Gasteiger partial charge in [0.1, 0.15) is 0 Å². The third-order valence-electron chi connectivity index (χ3n) is 1.99. The standard InChI is InChI=1S/C12H9BrFNO/c1-8-2-5-12(15-7-8)16-11-6-9(13)3-4-10(11)14/h2-7H,1H3. The fourth-order valence-electron chi connectivity index (χ4n) is 1.18. The van der Waals surface area contributed by atoms with Crippen molar-refractivity contribution in [2.75, 3.05) is 0 Å². The molecule has 0 N–H and O–H groups in total. The van der Waals surface area contributed by atoms with Crippen molar-refractivity contribution in [1.29, 1.82) is 0 Å². The molecule has 0 saturated carbocycles. The van der Waals surface area contributed by atoms with Crippen molar-refractivity contribution < 1.29 is 9.13 Å². The molecule has 0 aliphatic heterocycles. The molecule has 0 atom stereocenters. The second kappa shape index (κ2) is 4.61. The lowest BCUT2D eigenvalue weighted by Crippen LogP contribution is -1.90. The second-order valence-electron chi connectivity index (χ2n) is 3.35. The minimum Gasteiger partial charge on any atom is -0.436 e. The van der Waals surface area contributed by atoms with Crippen LogP contribution < -0.4 is 4.74 Å². The van der Waals surface area contributed by atoms with Crippen LogP contribution in [0.4, 0.5) is 4.39 Å². The fourth-order valence-corrected chi connectivity index (χ4v) is 1.52. The maximum absolute atomic E-state index is 13.4. The first-order valence-corrected chi connectivity index (χ1v) is 5.50. The SMILES string of the molecule is Cc1ccc(Oc2cc(Br)ccc2F)nc1. The number of benzene rings is 1. The molecule has 0 bridgehead atoms. The number of nitrogens with zero attached hydrogens (tertiary/aromatic N) is 1. The van der Waals surface area contributed by atoms with Crippen molar-refractivity contribution in [3.8, 4) is 11.6 Å². The summed E-state index contributed by atoms with van der Waals surface area (Å²) in [6, 6.07) is 8.09. The first kappa shape index (κ1) is 11.1. The predicted molar refractivity (Wildman–Crippen MR) is 63.1 cm³/mol. The Bertz CT molecular complexity index is 499. The Morgan fingerprint density at radius 3 is 2.75 bits per heavy atom. The third kappa shape index (κ3) is 2.58. The number of ether oxygens (including phenoxy) is 1. The molecule has 0 aliphatic carbocycles. The highest BCUT2D eigenvalue weighted by Gasteiger charge is 2.05. The molecule has 1 aromatic carbocycles. The maximum atomic E-state index is 13.4. The second-order valence-corrected chi connectivity index (χ2v) is 4.27. The summed E-state index contributed by atoms with van der Waals surface area (Å²) in [5, 5.41) is 0. The Morgan fingerprint density at radius 2 is 2.06 bits per heavy atom. The lowest BCUT2D eigenvalue weighted by atomic mass is 10.3. The molecule has 0 spiro atoms. The summed E-state index contributed by atoms with van der Waals surface area (Å²) in [6.45, 7) is 1.93. The molecular formula is C12H9BrFNO. The van der Waals surface area contributed by atoms with Crippen LogP contribution in [0.3, 0.4) is 0 Å². The molecule has 2 nitrogen and oxygen atoms in total. The van der Waals surface area contributed by atoms with Gasteiger partial charge in [0.15, 0.2) is 11.6 Å². The Labute approximate surface area is 101 Å². The van der Waals surface area contributed by atoms with E-state index in [9.17, 15) is 4.39 Å². The van der Waals surface area contributed by atoms with E-state index < -0.39 is 5.82 Å². The normalized spacial score (nSPS) is 10.2. The fraction of sp³-hybridized carbons (Fsp3) is 0.0833. The summed E-state index contributed by atoms with van der Waals surface area (Å²) >= 11 is 3.25. The van der Waals surface area contributed by atoms with Crippen LogP contribution >= 0.6 is 15.9 Å². The lowest BCUT2D eigenvalue weighted by Gasteiger charge is -2.06. The number of rotatable bonds is 2. The average Bonchev–Trinajstić information content (AvgIpc) is 2.27. The Hall–Kier alpha value is -1.42. The summed E-state index contributed by atoms with van der Waals surface area (Å²) < 4.78 is 19.4. The van der Waals surface area contributed by atoms with Crippen molar-refractivity contribution in [3.63, 3.8) is 0 Å². The topological polar surface area (TPSA) is 22.1 Å². The lowest BCUT2D eigenvalue weighted by molar-refractivity contribution is 0.427. The molecule has 0 radical (unpaired) electrons. The first-order valence-electron chi connectivity index (χ1n) is 4.71. The van der Waals surface area contributed by atoms with Gasteiger partial charge in [-0.15, -0.1) is 0 Å². The van der Waals surface area contributed by atoms with Crippen LogP contribution in [0.5, 0.6) is 11.6 Å². The third-order valence-corrected chi connectivity index (χ3v) is 2.49. The van der Waals surface area contributed by atoms with Crippen LogP contribution in [-0.2, 0) is 0 Å². The number of hydrogen-bond acceptors (Lipinski definition) is 2. The monoisotopic (exact) mass is 281 g/mol. The van der Waals surface area contributed by atoms with Crippen LogP contribution in [-0.4, -0.2) is 4.98 Å². The van der Waals surface area contributed by atoms with E-state index in [1.807, 2.05) is 13.0 Å². The Kier molecular flexibility index (Phi) is 3.19. The zero-order valence-corrected chi connectivity index (χ0v) is 10.2. The number of halogens is 2. The molecule has 0 unspecified atom stereocenters. The van der Waals surface area contributed by atoms with Crippen molar-refractivity contribution >= 4 is 15.9 Å². The highest BCUT2D eigenvalue weighted by Crippen LogP contribution is 2.26. The Morgan fingerprint density at radius 1 is 1.25 bits per heavy atom. The molecule has 1 heterocycles. The van der Waals surface area contributed by atoms with Gasteiger partial charge < -0.3 is 4.74 Å². The quantitative estimate of drug-likeness (QED) is 0.827. The summed E-state index contributed by atoms with van der Waals surface area (Å²) in [5.41, 5.74) is 1.03. The van der Waals surface area contributed by atoms with E-state index in [4.69, 9.17) is 4.74 Å². The van der Waals surface area contributed by atoms with Gasteiger partial charge in [0.05, 0.1) is 0 Å². The van der Waals surface area contributed by atoms with Crippen molar-refractivity contribution in [1.82, 2.24) is 4.98 Å². The van der Waals surface area contributed by atoms with E-state index in [2.05, 4.69) is 20.9 Å². The van der Waals surface area contributed by atoms with Gasteiger partial charge in [-0.05, 0) is 30.7 Å². The van der Waals surface area contributed by atoms with E-state index in [0.29, 0.717) is 5.88 Å². The molecule has 0 fully saturated rings. The summed E-state index contributed by atoms with van der Waals surface area (Å²) in [4.78, 5) is 4.04. The molecule has 0 amide bonds. The molecule has 0 aliphatic rings. The van der Waals surface area contributed by atoms with Crippen molar-refractivity contribution in [2.24, 2.45) is 0 Å². The van der Waals surface area contributed by atoms with Crippen molar-refractivity contribution in [3.05, 3.63) is 52.4 Å². The number of aromatic nitrogens is 1. The molecule has 16 heavy (non-hydrogen) atoms. The zero-order chi connectivity index (χ0) is 11.5. The van der Waals surface area contributed by atoms with Crippen LogP contribution in [0.15, 0.2) is 41.0 Å².